The SMILES string of the molecule is Cc1c(Cl)cnc(NC(=O)COC(=O)c2cc(C(F)(F)F)cc(C(F)(F)F)c2)c1Cl. The normalized spacial score (nSPS) is 11.9. The number of esters is 1. The minimum atomic E-state index is -5.14. The summed E-state index contributed by atoms with van der Waals surface area (Å²) in [5.41, 5.74) is -4.02. The first kappa shape index (κ1) is 23.7. The van der Waals surface area contributed by atoms with Gasteiger partial charge < -0.3 is 10.1 Å². The van der Waals surface area contributed by atoms with E-state index in [2.05, 4.69) is 15.0 Å². The number of aromatic nitrogens is 1. The molecular weight excluding hydrogens is 465 g/mol. The highest BCUT2D eigenvalue weighted by atomic mass is 35.5. The maximum Gasteiger partial charge on any atom is 0.416 e. The number of pyridine rings is 1. The topological polar surface area (TPSA) is 68.3 Å². The Labute approximate surface area is 174 Å². The molecule has 1 amide bonds. The Kier molecular flexibility index (Phi) is 6.87. The summed E-state index contributed by atoms with van der Waals surface area (Å²) in [7, 11) is 0. The van der Waals surface area contributed by atoms with Crippen LogP contribution < -0.4 is 5.32 Å². The number of amides is 1. The number of rotatable bonds is 4. The van der Waals surface area contributed by atoms with Crippen LogP contribution in [0.2, 0.25) is 10.0 Å². The average Bonchev–Trinajstić information content (AvgIpc) is 2.64. The van der Waals surface area contributed by atoms with Crippen LogP contribution in [0.5, 0.6) is 0 Å². The Balaban J connectivity index is 2.16. The summed E-state index contributed by atoms with van der Waals surface area (Å²) in [5.74, 6) is -2.67. The van der Waals surface area contributed by atoms with Crippen LogP contribution in [-0.2, 0) is 21.9 Å². The smallest absolute Gasteiger partial charge is 0.416 e. The Morgan fingerprint density at radius 2 is 1.57 bits per heavy atom. The molecule has 0 radical (unpaired) electrons. The van der Waals surface area contributed by atoms with Gasteiger partial charge in [-0.15, -0.1) is 0 Å². The monoisotopic (exact) mass is 474 g/mol. The third-order valence-corrected chi connectivity index (χ3v) is 4.46. The number of nitrogens with zero attached hydrogens (tertiary/aromatic N) is 1. The number of nitrogens with one attached hydrogen (secondary N) is 1. The predicted molar refractivity (Wildman–Crippen MR) is 94.4 cm³/mol. The largest absolute Gasteiger partial charge is 0.452 e. The van der Waals surface area contributed by atoms with Crippen LogP contribution >= 0.6 is 23.2 Å². The summed E-state index contributed by atoms with van der Waals surface area (Å²) in [5, 5.41) is 2.39. The molecule has 0 aliphatic heterocycles. The molecule has 0 spiro atoms. The van der Waals surface area contributed by atoms with Gasteiger partial charge in [-0.1, -0.05) is 23.2 Å². The fourth-order valence-corrected chi connectivity index (χ4v) is 2.49. The molecule has 1 aromatic carbocycles. The number of halogens is 8. The fourth-order valence-electron chi connectivity index (χ4n) is 2.10. The van der Waals surface area contributed by atoms with Crippen molar-refractivity contribution in [1.82, 2.24) is 4.98 Å². The van der Waals surface area contributed by atoms with Gasteiger partial charge in [0.25, 0.3) is 5.91 Å². The Bertz CT molecular complexity index is 960. The highest BCUT2D eigenvalue weighted by molar-refractivity contribution is 6.37. The quantitative estimate of drug-likeness (QED) is 0.467. The van der Waals surface area contributed by atoms with E-state index in [1.165, 1.54) is 13.1 Å². The lowest BCUT2D eigenvalue weighted by Crippen LogP contribution is -2.22. The van der Waals surface area contributed by atoms with Crippen molar-refractivity contribution in [3.05, 3.63) is 56.7 Å². The van der Waals surface area contributed by atoms with Crippen molar-refractivity contribution >= 4 is 40.9 Å². The van der Waals surface area contributed by atoms with Crippen LogP contribution in [0, 0.1) is 6.92 Å². The third kappa shape index (κ3) is 5.76. The van der Waals surface area contributed by atoms with Crippen molar-refractivity contribution in [2.24, 2.45) is 0 Å². The van der Waals surface area contributed by atoms with E-state index in [-0.39, 0.29) is 34.1 Å². The molecule has 0 aliphatic rings. The van der Waals surface area contributed by atoms with E-state index in [9.17, 15) is 35.9 Å². The van der Waals surface area contributed by atoms with E-state index in [1.807, 2.05) is 0 Å². The number of anilines is 1. The van der Waals surface area contributed by atoms with Crippen LogP contribution in [0.25, 0.3) is 0 Å². The number of ether oxygens (including phenoxy) is 1. The zero-order valence-electron chi connectivity index (χ0n) is 14.7. The van der Waals surface area contributed by atoms with Crippen molar-refractivity contribution in [2.45, 2.75) is 19.3 Å². The maximum atomic E-state index is 12.8. The number of carbonyl (C=O) groups is 2. The maximum absolute atomic E-state index is 12.8. The second-order valence-electron chi connectivity index (χ2n) is 5.81. The van der Waals surface area contributed by atoms with Gasteiger partial charge in [0.15, 0.2) is 12.4 Å². The molecule has 0 saturated carbocycles. The third-order valence-electron chi connectivity index (χ3n) is 3.62. The second-order valence-corrected chi connectivity index (χ2v) is 6.60. The van der Waals surface area contributed by atoms with Crippen molar-refractivity contribution in [2.75, 3.05) is 11.9 Å². The van der Waals surface area contributed by atoms with Gasteiger partial charge in [0, 0.05) is 6.20 Å². The first-order valence-electron chi connectivity index (χ1n) is 7.77. The molecule has 1 aromatic heterocycles. The lowest BCUT2D eigenvalue weighted by Gasteiger charge is -2.14. The summed E-state index contributed by atoms with van der Waals surface area (Å²) >= 11 is 11.7. The lowest BCUT2D eigenvalue weighted by molar-refractivity contribution is -0.143. The molecule has 0 aliphatic carbocycles. The lowest BCUT2D eigenvalue weighted by atomic mass is 10.0. The van der Waals surface area contributed by atoms with E-state index in [0.717, 1.165) is 0 Å². The molecule has 0 bridgehead atoms. The zero-order chi connectivity index (χ0) is 22.9. The molecule has 1 heterocycles. The molecule has 30 heavy (non-hydrogen) atoms. The van der Waals surface area contributed by atoms with Gasteiger partial charge in [-0.25, -0.2) is 9.78 Å². The molecule has 162 valence electrons. The van der Waals surface area contributed by atoms with Crippen LogP contribution in [0.1, 0.15) is 27.0 Å². The van der Waals surface area contributed by atoms with Crippen molar-refractivity contribution < 1.29 is 40.7 Å². The van der Waals surface area contributed by atoms with Gasteiger partial charge in [-0.3, -0.25) is 4.79 Å². The molecule has 0 fully saturated rings. The Hall–Kier alpha value is -2.53. The van der Waals surface area contributed by atoms with Crippen LogP contribution in [0.3, 0.4) is 0 Å². The molecule has 1 N–H and O–H groups in total. The van der Waals surface area contributed by atoms with E-state index in [1.54, 1.807) is 0 Å². The highest BCUT2D eigenvalue weighted by Crippen LogP contribution is 2.36. The first-order chi connectivity index (χ1) is 13.7. The molecule has 13 heteroatoms. The molecule has 0 saturated heterocycles. The van der Waals surface area contributed by atoms with E-state index in [4.69, 9.17) is 23.2 Å². The molecule has 0 atom stereocenters. The standard InChI is InChI=1S/C17H10Cl2F6N2O3/c1-7-11(18)5-26-14(13(7)19)27-12(28)6-30-15(29)8-2-9(16(20,21)22)4-10(3-8)17(23,24)25/h2-5H,6H2,1H3,(H,26,27,28). The highest BCUT2D eigenvalue weighted by Gasteiger charge is 2.37. The average molecular weight is 475 g/mol. The summed E-state index contributed by atoms with van der Waals surface area (Å²) in [6, 6.07) is 0.243. The van der Waals surface area contributed by atoms with Gasteiger partial charge in [-0.2, -0.15) is 26.3 Å². The summed E-state index contributed by atoms with van der Waals surface area (Å²) in [6.07, 6.45) is -9.09. The zero-order valence-corrected chi connectivity index (χ0v) is 16.2. The number of hydrogen-bond acceptors (Lipinski definition) is 4. The van der Waals surface area contributed by atoms with Crippen molar-refractivity contribution in [3.63, 3.8) is 0 Å². The van der Waals surface area contributed by atoms with Crippen LogP contribution in [-0.4, -0.2) is 23.5 Å². The molecular formula is C17H10Cl2F6N2O3. The Morgan fingerprint density at radius 1 is 1.03 bits per heavy atom. The Morgan fingerprint density at radius 3 is 2.07 bits per heavy atom. The minimum Gasteiger partial charge on any atom is -0.452 e. The summed E-state index contributed by atoms with van der Waals surface area (Å²) in [6.45, 7) is 0.518. The van der Waals surface area contributed by atoms with Gasteiger partial charge in [0.2, 0.25) is 0 Å². The van der Waals surface area contributed by atoms with Crippen LogP contribution in [0.4, 0.5) is 32.2 Å². The van der Waals surface area contributed by atoms with Gasteiger partial charge in [-0.05, 0) is 30.7 Å². The predicted octanol–water partition coefficient (Wildman–Crippen LogP) is 5.53. The van der Waals surface area contributed by atoms with E-state index in [0.29, 0.717) is 5.56 Å². The second kappa shape index (κ2) is 8.68. The molecule has 2 aromatic rings. The molecule has 2 rings (SSSR count). The molecule has 5 nitrogen and oxygen atoms in total. The minimum absolute atomic E-state index is 0.00475. The fraction of sp³-hybridized carbons (Fsp3) is 0.235. The van der Waals surface area contributed by atoms with Gasteiger partial charge in [0.05, 0.1) is 26.7 Å². The van der Waals surface area contributed by atoms with Crippen LogP contribution in [0.15, 0.2) is 24.4 Å². The van der Waals surface area contributed by atoms with Crippen molar-refractivity contribution in [3.8, 4) is 0 Å². The van der Waals surface area contributed by atoms with E-state index < -0.39 is 47.5 Å². The van der Waals surface area contributed by atoms with Gasteiger partial charge >= 0.3 is 18.3 Å². The van der Waals surface area contributed by atoms with E-state index >= 15 is 0 Å². The van der Waals surface area contributed by atoms with Crippen molar-refractivity contribution in [1.29, 1.82) is 0 Å². The summed E-state index contributed by atoms with van der Waals surface area (Å²) in [4.78, 5) is 27.6. The summed E-state index contributed by atoms with van der Waals surface area (Å²) < 4.78 is 81.6. The first-order valence-corrected chi connectivity index (χ1v) is 8.52. The number of alkyl halides is 6. The molecule has 0 unspecified atom stereocenters. The number of hydrogen-bond donors (Lipinski definition) is 1. The van der Waals surface area contributed by atoms with Gasteiger partial charge in [0.1, 0.15) is 0 Å². The number of carbonyl (C=O) groups excluding carboxylic acids is 2. The number of benzene rings is 1.